The number of thiazole rings is 1. The number of aliphatic imine (C=N–C) groups is 1. The maximum Gasteiger partial charge on any atom is 0.220 e. The summed E-state index contributed by atoms with van der Waals surface area (Å²) in [5.41, 5.74) is 1.39. The van der Waals surface area contributed by atoms with Crippen molar-refractivity contribution in [2.24, 2.45) is 4.99 Å². The molecule has 9 nitrogen and oxygen atoms in total. The van der Waals surface area contributed by atoms with E-state index in [0.29, 0.717) is 38.4 Å². The fourth-order valence-electron chi connectivity index (χ4n) is 2.93. The van der Waals surface area contributed by atoms with Crippen molar-refractivity contribution in [2.75, 3.05) is 32.7 Å². The maximum atomic E-state index is 12.6. The molecule has 0 bridgehead atoms. The number of guanidine groups is 1. The van der Waals surface area contributed by atoms with Crippen LogP contribution in [0.25, 0.3) is 0 Å². The molecule has 154 valence electrons. The highest BCUT2D eigenvalue weighted by molar-refractivity contribution is 7.88. The smallest absolute Gasteiger partial charge is 0.220 e. The molecule has 0 saturated carbocycles. The van der Waals surface area contributed by atoms with Crippen molar-refractivity contribution in [3.63, 3.8) is 0 Å². The molecule has 0 amide bonds. The van der Waals surface area contributed by atoms with Gasteiger partial charge in [0.2, 0.25) is 10.0 Å². The van der Waals surface area contributed by atoms with Crippen molar-refractivity contribution in [3.8, 4) is 0 Å². The summed E-state index contributed by atoms with van der Waals surface area (Å²) in [6.45, 7) is 7.38. The van der Waals surface area contributed by atoms with Crippen LogP contribution in [0.5, 0.6) is 0 Å². The Morgan fingerprint density at radius 2 is 2.07 bits per heavy atom. The van der Waals surface area contributed by atoms with E-state index in [-0.39, 0.29) is 5.75 Å². The molecule has 1 saturated heterocycles. The summed E-state index contributed by atoms with van der Waals surface area (Å²) in [6, 6.07) is 1.58. The van der Waals surface area contributed by atoms with Crippen LogP contribution in [0.2, 0.25) is 0 Å². The molecule has 2 aromatic rings. The van der Waals surface area contributed by atoms with Gasteiger partial charge in [0.15, 0.2) is 5.96 Å². The van der Waals surface area contributed by atoms with Gasteiger partial charge >= 0.3 is 0 Å². The molecule has 1 fully saturated rings. The average Bonchev–Trinajstić information content (AvgIpc) is 3.36. The Kier molecular flexibility index (Phi) is 7.03. The van der Waals surface area contributed by atoms with E-state index in [2.05, 4.69) is 32.3 Å². The second-order valence-corrected chi connectivity index (χ2v) is 9.30. The number of aromatic nitrogens is 2. The molecule has 0 unspecified atom stereocenters. The van der Waals surface area contributed by atoms with Gasteiger partial charge in [-0.1, -0.05) is 12.1 Å². The van der Waals surface area contributed by atoms with E-state index in [1.807, 2.05) is 12.3 Å². The minimum atomic E-state index is -3.41. The highest BCUT2D eigenvalue weighted by atomic mass is 32.2. The second-order valence-electron chi connectivity index (χ2n) is 6.39. The van der Waals surface area contributed by atoms with Gasteiger partial charge in [0.1, 0.15) is 12.0 Å². The first-order valence-electron chi connectivity index (χ1n) is 9.35. The predicted octanol–water partition coefficient (Wildman–Crippen LogP) is 1.31. The first-order chi connectivity index (χ1) is 13.5. The van der Waals surface area contributed by atoms with Crippen molar-refractivity contribution in [1.82, 2.24) is 24.7 Å². The fourth-order valence-corrected chi connectivity index (χ4v) is 5.09. The number of nitrogens with one attached hydrogen (secondary N) is 1. The van der Waals surface area contributed by atoms with Crippen molar-refractivity contribution < 1.29 is 12.9 Å². The minimum absolute atomic E-state index is 0.138. The van der Waals surface area contributed by atoms with Crippen LogP contribution in [0.4, 0.5) is 0 Å². The van der Waals surface area contributed by atoms with Gasteiger partial charge in [-0.05, 0) is 13.3 Å². The lowest BCUT2D eigenvalue weighted by molar-refractivity contribution is 0.259. The van der Waals surface area contributed by atoms with Crippen LogP contribution in [0.1, 0.15) is 30.2 Å². The lowest BCUT2D eigenvalue weighted by Crippen LogP contribution is -2.53. The quantitative estimate of drug-likeness (QED) is 0.526. The summed E-state index contributed by atoms with van der Waals surface area (Å²) >= 11 is 1.65. The third-order valence-corrected chi connectivity index (χ3v) is 7.24. The van der Waals surface area contributed by atoms with Crippen LogP contribution in [0, 0.1) is 0 Å². The molecule has 28 heavy (non-hydrogen) atoms. The Hall–Kier alpha value is -1.98. The molecule has 0 atom stereocenters. The van der Waals surface area contributed by atoms with E-state index >= 15 is 0 Å². The largest absolute Gasteiger partial charge is 0.364 e. The van der Waals surface area contributed by atoms with Crippen LogP contribution >= 0.6 is 11.3 Å². The monoisotopic (exact) mass is 426 g/mol. The van der Waals surface area contributed by atoms with Gasteiger partial charge in [0.05, 0.1) is 22.9 Å². The lowest BCUT2D eigenvalue weighted by Gasteiger charge is -2.35. The molecule has 3 rings (SSSR count). The van der Waals surface area contributed by atoms with E-state index in [4.69, 9.17) is 4.52 Å². The van der Waals surface area contributed by atoms with E-state index in [1.165, 1.54) is 10.6 Å². The molecule has 1 aliphatic heterocycles. The standard InChI is InChI=1S/C17H26N6O3S2/c1-3-16-20-15(12-27-16)11-19-17(18-4-2)22-6-8-23(9-7-22)28(24,25)13-14-5-10-26-21-14/h5,10,12H,3-4,6-9,11,13H2,1-2H3,(H,18,19). The van der Waals surface area contributed by atoms with Gasteiger partial charge in [-0.3, -0.25) is 0 Å². The number of hydrogen-bond acceptors (Lipinski definition) is 7. The van der Waals surface area contributed by atoms with E-state index in [1.54, 1.807) is 17.4 Å². The van der Waals surface area contributed by atoms with Crippen molar-refractivity contribution in [1.29, 1.82) is 0 Å². The van der Waals surface area contributed by atoms with Crippen molar-refractivity contribution in [3.05, 3.63) is 34.1 Å². The average molecular weight is 427 g/mol. The Bertz CT molecular complexity index is 871. The summed E-state index contributed by atoms with van der Waals surface area (Å²) in [6.07, 6.45) is 2.31. The molecule has 1 N–H and O–H groups in total. The second kappa shape index (κ2) is 9.48. The van der Waals surface area contributed by atoms with Crippen LogP contribution in [0.15, 0.2) is 27.2 Å². The molecular formula is C17H26N6O3S2. The highest BCUT2D eigenvalue weighted by Gasteiger charge is 2.29. The van der Waals surface area contributed by atoms with E-state index < -0.39 is 10.0 Å². The van der Waals surface area contributed by atoms with Gasteiger partial charge < -0.3 is 14.7 Å². The van der Waals surface area contributed by atoms with E-state index in [9.17, 15) is 8.42 Å². The molecule has 1 aliphatic rings. The predicted molar refractivity (Wildman–Crippen MR) is 109 cm³/mol. The third-order valence-electron chi connectivity index (χ3n) is 4.38. The van der Waals surface area contributed by atoms with Gasteiger partial charge in [0, 0.05) is 44.2 Å². The van der Waals surface area contributed by atoms with Gasteiger partial charge in [-0.15, -0.1) is 11.3 Å². The van der Waals surface area contributed by atoms with Gasteiger partial charge in [-0.25, -0.2) is 18.4 Å². The first kappa shape index (κ1) is 20.7. The number of sulfonamides is 1. The fraction of sp³-hybridized carbons (Fsp3) is 0.588. The number of rotatable bonds is 7. The summed E-state index contributed by atoms with van der Waals surface area (Å²) in [5, 5.41) is 10.1. The number of nitrogens with zero attached hydrogens (tertiary/aromatic N) is 5. The molecule has 11 heteroatoms. The number of aryl methyl sites for hydroxylation is 1. The molecule has 0 aliphatic carbocycles. The molecule has 3 heterocycles. The summed E-state index contributed by atoms with van der Waals surface area (Å²) in [7, 11) is -3.41. The third kappa shape index (κ3) is 5.30. The zero-order chi connectivity index (χ0) is 20.0. The van der Waals surface area contributed by atoms with Crippen LogP contribution in [0.3, 0.4) is 0 Å². The van der Waals surface area contributed by atoms with Crippen LogP contribution in [-0.2, 0) is 28.7 Å². The maximum absolute atomic E-state index is 12.6. The zero-order valence-electron chi connectivity index (χ0n) is 16.2. The SMILES string of the molecule is CCNC(=NCc1csc(CC)n1)N1CCN(S(=O)(=O)Cc2ccon2)CC1. The zero-order valence-corrected chi connectivity index (χ0v) is 17.8. The van der Waals surface area contributed by atoms with Crippen LogP contribution < -0.4 is 5.32 Å². The van der Waals surface area contributed by atoms with Gasteiger partial charge in [0.25, 0.3) is 0 Å². The normalized spacial score (nSPS) is 16.5. The Labute approximate surface area is 169 Å². The van der Waals surface area contributed by atoms with Gasteiger partial charge in [-0.2, -0.15) is 4.31 Å². The minimum Gasteiger partial charge on any atom is -0.364 e. The number of piperazine rings is 1. The molecular weight excluding hydrogens is 400 g/mol. The molecule has 2 aromatic heterocycles. The Morgan fingerprint density at radius 1 is 1.29 bits per heavy atom. The molecule has 0 radical (unpaired) electrons. The first-order valence-corrected chi connectivity index (χ1v) is 11.8. The summed E-state index contributed by atoms with van der Waals surface area (Å²) in [4.78, 5) is 11.3. The Morgan fingerprint density at radius 3 is 2.68 bits per heavy atom. The topological polar surface area (TPSA) is 104 Å². The number of hydrogen-bond donors (Lipinski definition) is 1. The van der Waals surface area contributed by atoms with Crippen LogP contribution in [-0.4, -0.2) is 66.4 Å². The van der Waals surface area contributed by atoms with Crippen molar-refractivity contribution in [2.45, 2.75) is 32.6 Å². The van der Waals surface area contributed by atoms with E-state index in [0.717, 1.165) is 29.6 Å². The highest BCUT2D eigenvalue weighted by Crippen LogP contribution is 2.14. The molecule has 0 spiro atoms. The van der Waals surface area contributed by atoms with Crippen molar-refractivity contribution >= 4 is 27.3 Å². The molecule has 0 aromatic carbocycles. The Balaban J connectivity index is 1.59. The summed E-state index contributed by atoms with van der Waals surface area (Å²) < 4.78 is 31.4. The summed E-state index contributed by atoms with van der Waals surface area (Å²) in [5.74, 6) is 0.656. The lowest BCUT2D eigenvalue weighted by atomic mass is 10.4.